The largest absolute Gasteiger partial charge is 0.452 e. The van der Waals surface area contributed by atoms with Crippen LogP contribution in [0.25, 0.3) is 0 Å². The molecule has 2 aromatic carbocycles. The molecule has 156 valence electrons. The van der Waals surface area contributed by atoms with Gasteiger partial charge in [-0.3, -0.25) is 9.52 Å². The molecule has 0 saturated carbocycles. The van der Waals surface area contributed by atoms with Crippen molar-refractivity contribution in [1.82, 2.24) is 5.16 Å². The highest BCUT2D eigenvalue weighted by Crippen LogP contribution is 2.22. The molecule has 1 heterocycles. The first-order valence-corrected chi connectivity index (χ1v) is 10.3. The number of nitrogens with one attached hydrogen (secondary N) is 2. The minimum atomic E-state index is -3.94. The van der Waals surface area contributed by atoms with E-state index in [9.17, 15) is 18.0 Å². The molecule has 0 saturated heterocycles. The van der Waals surface area contributed by atoms with Crippen molar-refractivity contribution >= 4 is 33.4 Å². The predicted octanol–water partition coefficient (Wildman–Crippen LogP) is 2.89. The summed E-state index contributed by atoms with van der Waals surface area (Å²) < 4.78 is 37.7. The molecule has 30 heavy (non-hydrogen) atoms. The summed E-state index contributed by atoms with van der Waals surface area (Å²) in [5, 5.41) is 5.89. The Morgan fingerprint density at radius 3 is 2.60 bits per heavy atom. The number of anilines is 2. The number of rotatable bonds is 7. The van der Waals surface area contributed by atoms with E-state index in [-0.39, 0.29) is 16.3 Å². The van der Waals surface area contributed by atoms with Crippen LogP contribution >= 0.6 is 0 Å². The molecule has 3 rings (SSSR count). The quantitative estimate of drug-likeness (QED) is 0.553. The second-order valence-corrected chi connectivity index (χ2v) is 8.12. The van der Waals surface area contributed by atoms with Crippen LogP contribution in [0.1, 0.15) is 21.5 Å². The Morgan fingerprint density at radius 1 is 1.10 bits per heavy atom. The minimum absolute atomic E-state index is 0.000506. The van der Waals surface area contributed by atoms with Crippen LogP contribution in [0.15, 0.2) is 64.2 Å². The molecule has 0 atom stereocenters. The van der Waals surface area contributed by atoms with Gasteiger partial charge in [0.05, 0.1) is 10.5 Å². The van der Waals surface area contributed by atoms with Crippen molar-refractivity contribution in [3.05, 3.63) is 71.5 Å². The first-order chi connectivity index (χ1) is 14.2. The van der Waals surface area contributed by atoms with Crippen LogP contribution in [0.3, 0.4) is 0 Å². The standard InChI is InChI=1S/C20H19N3O6S/c1-13-4-3-5-16(10-13)23-30(26,27)17-11-15(7-6-14(17)2)20(25)28-12-19(24)21-18-8-9-29-22-18/h3-11,23H,12H2,1-2H3,(H,21,22,24). The molecular weight excluding hydrogens is 410 g/mol. The Morgan fingerprint density at radius 2 is 1.90 bits per heavy atom. The van der Waals surface area contributed by atoms with E-state index in [1.165, 1.54) is 30.5 Å². The van der Waals surface area contributed by atoms with E-state index in [1.807, 2.05) is 13.0 Å². The fourth-order valence-corrected chi connectivity index (χ4v) is 3.93. The van der Waals surface area contributed by atoms with E-state index in [4.69, 9.17) is 4.74 Å². The maximum Gasteiger partial charge on any atom is 0.338 e. The van der Waals surface area contributed by atoms with Gasteiger partial charge < -0.3 is 14.6 Å². The number of nitrogens with zero attached hydrogens (tertiary/aromatic N) is 1. The lowest BCUT2D eigenvalue weighted by molar-refractivity contribution is -0.119. The van der Waals surface area contributed by atoms with E-state index in [0.717, 1.165) is 5.56 Å². The van der Waals surface area contributed by atoms with Crippen LogP contribution in [-0.4, -0.2) is 32.1 Å². The molecular formula is C20H19N3O6S. The van der Waals surface area contributed by atoms with E-state index in [2.05, 4.69) is 19.7 Å². The molecule has 10 heteroatoms. The maximum absolute atomic E-state index is 12.8. The fraction of sp³-hybridized carbons (Fsp3) is 0.150. The number of carbonyl (C=O) groups excluding carboxylic acids is 2. The van der Waals surface area contributed by atoms with Crippen molar-refractivity contribution in [3.63, 3.8) is 0 Å². The first-order valence-electron chi connectivity index (χ1n) is 8.82. The number of benzene rings is 2. The van der Waals surface area contributed by atoms with E-state index in [1.54, 1.807) is 25.1 Å². The van der Waals surface area contributed by atoms with Crippen molar-refractivity contribution in [2.45, 2.75) is 18.7 Å². The zero-order valence-corrected chi connectivity index (χ0v) is 17.0. The summed E-state index contributed by atoms with van der Waals surface area (Å²) in [7, 11) is -3.94. The van der Waals surface area contributed by atoms with Gasteiger partial charge in [-0.2, -0.15) is 0 Å². The number of hydrogen-bond donors (Lipinski definition) is 2. The smallest absolute Gasteiger partial charge is 0.338 e. The van der Waals surface area contributed by atoms with Gasteiger partial charge in [-0.25, -0.2) is 13.2 Å². The Hall–Kier alpha value is -3.66. The third-order valence-electron chi connectivity index (χ3n) is 4.02. The summed E-state index contributed by atoms with van der Waals surface area (Å²) in [5.74, 6) is -1.27. The Labute approximate surface area is 173 Å². The van der Waals surface area contributed by atoms with Gasteiger partial charge in [-0.05, 0) is 49.2 Å². The third-order valence-corrected chi connectivity index (χ3v) is 5.55. The molecule has 0 bridgehead atoms. The van der Waals surface area contributed by atoms with Crippen molar-refractivity contribution in [2.75, 3.05) is 16.6 Å². The zero-order chi connectivity index (χ0) is 21.7. The Kier molecular flexibility index (Phi) is 6.17. The molecule has 0 aliphatic rings. The third kappa shape index (κ3) is 5.23. The average Bonchev–Trinajstić information content (AvgIpc) is 3.19. The summed E-state index contributed by atoms with van der Waals surface area (Å²) >= 11 is 0. The van der Waals surface area contributed by atoms with Gasteiger partial charge in [0.25, 0.3) is 15.9 Å². The molecule has 0 aliphatic carbocycles. The highest BCUT2D eigenvalue weighted by Gasteiger charge is 2.20. The SMILES string of the molecule is Cc1cccc(NS(=O)(=O)c2cc(C(=O)OCC(=O)Nc3ccon3)ccc2C)c1. The number of carbonyl (C=O) groups is 2. The monoisotopic (exact) mass is 429 g/mol. The fourth-order valence-electron chi connectivity index (χ4n) is 2.61. The van der Waals surface area contributed by atoms with Crippen LogP contribution in [0.2, 0.25) is 0 Å². The van der Waals surface area contributed by atoms with Crippen LogP contribution in [-0.2, 0) is 19.6 Å². The summed E-state index contributed by atoms with van der Waals surface area (Å²) in [5.41, 5.74) is 1.76. The highest BCUT2D eigenvalue weighted by molar-refractivity contribution is 7.92. The van der Waals surface area contributed by atoms with Gasteiger partial charge >= 0.3 is 5.97 Å². The van der Waals surface area contributed by atoms with Gasteiger partial charge in [0, 0.05) is 11.8 Å². The maximum atomic E-state index is 12.8. The van der Waals surface area contributed by atoms with Crippen molar-refractivity contribution < 1.29 is 27.3 Å². The molecule has 0 unspecified atom stereocenters. The lowest BCUT2D eigenvalue weighted by Gasteiger charge is -2.12. The number of aromatic nitrogens is 1. The number of hydrogen-bond acceptors (Lipinski definition) is 7. The Bertz CT molecular complexity index is 1170. The van der Waals surface area contributed by atoms with Gasteiger partial charge in [-0.1, -0.05) is 23.4 Å². The molecule has 1 amide bonds. The van der Waals surface area contributed by atoms with Gasteiger partial charge in [-0.15, -0.1) is 0 Å². The van der Waals surface area contributed by atoms with Gasteiger partial charge in [0.15, 0.2) is 12.4 Å². The number of esters is 1. The zero-order valence-electron chi connectivity index (χ0n) is 16.2. The molecule has 1 aromatic heterocycles. The number of ether oxygens (including phenoxy) is 1. The van der Waals surface area contributed by atoms with E-state index < -0.39 is 28.5 Å². The average molecular weight is 429 g/mol. The number of amides is 1. The van der Waals surface area contributed by atoms with Crippen LogP contribution in [0.5, 0.6) is 0 Å². The predicted molar refractivity (Wildman–Crippen MR) is 109 cm³/mol. The van der Waals surface area contributed by atoms with Crippen LogP contribution in [0, 0.1) is 13.8 Å². The first kappa shape index (κ1) is 21.1. The molecule has 0 fully saturated rings. The summed E-state index contributed by atoms with van der Waals surface area (Å²) in [6.07, 6.45) is 1.28. The molecule has 3 aromatic rings. The molecule has 2 N–H and O–H groups in total. The molecule has 0 spiro atoms. The minimum Gasteiger partial charge on any atom is -0.452 e. The normalized spacial score (nSPS) is 11.0. The second-order valence-electron chi connectivity index (χ2n) is 6.46. The molecule has 0 radical (unpaired) electrons. The van der Waals surface area contributed by atoms with Gasteiger partial charge in [0.1, 0.15) is 6.26 Å². The van der Waals surface area contributed by atoms with Crippen molar-refractivity contribution in [3.8, 4) is 0 Å². The summed E-state index contributed by atoms with van der Waals surface area (Å²) in [6, 6.07) is 12.5. The highest BCUT2D eigenvalue weighted by atomic mass is 32.2. The van der Waals surface area contributed by atoms with Crippen LogP contribution in [0.4, 0.5) is 11.5 Å². The second kappa shape index (κ2) is 8.78. The summed E-state index contributed by atoms with van der Waals surface area (Å²) in [6.45, 7) is 2.90. The Balaban J connectivity index is 1.72. The lowest BCUT2D eigenvalue weighted by Crippen LogP contribution is -2.21. The van der Waals surface area contributed by atoms with Crippen molar-refractivity contribution in [1.29, 1.82) is 0 Å². The summed E-state index contributed by atoms with van der Waals surface area (Å²) in [4.78, 5) is 24.0. The molecule has 0 aliphatic heterocycles. The van der Waals surface area contributed by atoms with Gasteiger partial charge in [0.2, 0.25) is 0 Å². The van der Waals surface area contributed by atoms with E-state index >= 15 is 0 Å². The molecule has 9 nitrogen and oxygen atoms in total. The van der Waals surface area contributed by atoms with Crippen LogP contribution < -0.4 is 10.0 Å². The number of sulfonamides is 1. The van der Waals surface area contributed by atoms with Crippen molar-refractivity contribution in [2.24, 2.45) is 0 Å². The topological polar surface area (TPSA) is 128 Å². The lowest BCUT2D eigenvalue weighted by atomic mass is 10.1. The van der Waals surface area contributed by atoms with E-state index in [0.29, 0.717) is 11.3 Å². The number of aryl methyl sites for hydroxylation is 2.